The van der Waals surface area contributed by atoms with Gasteiger partial charge in [-0.2, -0.15) is 0 Å². The van der Waals surface area contributed by atoms with Gasteiger partial charge in [0.05, 0.1) is 15.9 Å². The van der Waals surface area contributed by atoms with Crippen molar-refractivity contribution < 1.29 is 4.42 Å². The number of hydrogen-bond donors (Lipinski definition) is 1. The van der Waals surface area contributed by atoms with Crippen molar-refractivity contribution in [1.29, 1.82) is 0 Å². The molecule has 1 atom stereocenters. The fourth-order valence-corrected chi connectivity index (χ4v) is 2.77. The molecule has 20 heavy (non-hydrogen) atoms. The molecule has 0 radical (unpaired) electrons. The third-order valence-corrected chi connectivity index (χ3v) is 4.69. The zero-order valence-corrected chi connectivity index (χ0v) is 13.1. The highest BCUT2D eigenvalue weighted by Crippen LogP contribution is 2.33. The third-order valence-electron chi connectivity index (χ3n) is 2.97. The van der Waals surface area contributed by atoms with E-state index in [0.717, 1.165) is 15.6 Å². The molecule has 0 aliphatic heterocycles. The van der Waals surface area contributed by atoms with E-state index in [0.29, 0.717) is 16.1 Å². The maximum absolute atomic E-state index is 11.1. The predicted octanol–water partition coefficient (Wildman–Crippen LogP) is 4.87. The molecule has 102 valence electrons. The quantitative estimate of drug-likeness (QED) is 0.652. The van der Waals surface area contributed by atoms with Gasteiger partial charge in [-0.1, -0.05) is 23.7 Å². The smallest absolute Gasteiger partial charge is 0.408 e. The minimum atomic E-state index is -0.475. The molecule has 0 spiro atoms. The van der Waals surface area contributed by atoms with Crippen LogP contribution in [0.5, 0.6) is 0 Å². The Kier molecular flexibility index (Phi) is 3.63. The van der Waals surface area contributed by atoms with Gasteiger partial charge in [0.25, 0.3) is 0 Å². The molecule has 0 saturated heterocycles. The van der Waals surface area contributed by atoms with E-state index in [4.69, 9.17) is 27.6 Å². The molecule has 0 amide bonds. The summed E-state index contributed by atoms with van der Waals surface area (Å²) in [5, 5.41) is 0.276. The first kappa shape index (κ1) is 13.7. The molecular weight excluding hydrogens is 365 g/mol. The number of benzene rings is 2. The normalized spacial score (nSPS) is 12.8. The van der Waals surface area contributed by atoms with Crippen molar-refractivity contribution >= 4 is 50.2 Å². The molecule has 6 heteroatoms. The first-order chi connectivity index (χ1) is 9.54. The van der Waals surface area contributed by atoms with Crippen LogP contribution in [0.25, 0.3) is 11.1 Å². The van der Waals surface area contributed by atoms with Crippen LogP contribution < -0.4 is 5.76 Å². The minimum Gasteiger partial charge on any atom is -0.408 e. The lowest BCUT2D eigenvalue weighted by molar-refractivity contribution is 0.555. The van der Waals surface area contributed by atoms with Crippen molar-refractivity contribution in [1.82, 2.24) is 4.98 Å². The highest BCUT2D eigenvalue weighted by molar-refractivity contribution is 9.10. The molecule has 2 aromatic carbocycles. The molecule has 1 heterocycles. The highest BCUT2D eigenvalue weighted by Gasteiger charge is 2.14. The summed E-state index contributed by atoms with van der Waals surface area (Å²) in [5.41, 5.74) is 2.89. The van der Waals surface area contributed by atoms with Crippen LogP contribution in [0.15, 0.2) is 50.1 Å². The fraction of sp³-hybridized carbons (Fsp3) is 0.0714. The number of hydrogen-bond acceptors (Lipinski definition) is 2. The van der Waals surface area contributed by atoms with Crippen LogP contribution in [0.4, 0.5) is 0 Å². The molecule has 0 aliphatic carbocycles. The topological polar surface area (TPSA) is 46.0 Å². The zero-order chi connectivity index (χ0) is 14.3. The van der Waals surface area contributed by atoms with Crippen LogP contribution in [0.3, 0.4) is 0 Å². The molecule has 3 nitrogen and oxygen atoms in total. The summed E-state index contributed by atoms with van der Waals surface area (Å²) >= 11 is 15.8. The summed E-state index contributed by atoms with van der Waals surface area (Å²) in [6, 6.07) is 10.9. The fourth-order valence-electron chi connectivity index (χ4n) is 1.98. The minimum absolute atomic E-state index is 0.354. The summed E-state index contributed by atoms with van der Waals surface area (Å²) in [6.07, 6.45) is 0. The number of alkyl halides is 1. The SMILES string of the molecule is O=c1[nH]c2ccc(C(Cl)c3ccc(Cl)c(Br)c3)cc2o1. The van der Waals surface area contributed by atoms with Gasteiger partial charge < -0.3 is 4.42 Å². The summed E-state index contributed by atoms with van der Waals surface area (Å²) in [4.78, 5) is 13.7. The maximum Gasteiger partial charge on any atom is 0.417 e. The number of aromatic nitrogens is 1. The number of halogens is 3. The third kappa shape index (κ3) is 2.51. The van der Waals surface area contributed by atoms with Crippen LogP contribution in [-0.4, -0.2) is 4.98 Å². The van der Waals surface area contributed by atoms with Crippen LogP contribution in [0.2, 0.25) is 5.02 Å². The van der Waals surface area contributed by atoms with Gasteiger partial charge in [0.15, 0.2) is 5.58 Å². The Balaban J connectivity index is 2.04. The Morgan fingerprint density at radius 1 is 1.15 bits per heavy atom. The van der Waals surface area contributed by atoms with E-state index in [2.05, 4.69) is 20.9 Å². The van der Waals surface area contributed by atoms with E-state index in [1.807, 2.05) is 18.2 Å². The first-order valence-corrected chi connectivity index (χ1v) is 7.37. The molecule has 3 aromatic rings. The van der Waals surface area contributed by atoms with Gasteiger partial charge in [0.1, 0.15) is 0 Å². The van der Waals surface area contributed by atoms with E-state index < -0.39 is 5.76 Å². The number of H-pyrrole nitrogens is 1. The van der Waals surface area contributed by atoms with E-state index in [9.17, 15) is 4.79 Å². The van der Waals surface area contributed by atoms with Gasteiger partial charge in [-0.05, 0) is 51.3 Å². The van der Waals surface area contributed by atoms with Crippen LogP contribution in [0, 0.1) is 0 Å². The van der Waals surface area contributed by atoms with Crippen LogP contribution in [-0.2, 0) is 0 Å². The lowest BCUT2D eigenvalue weighted by atomic mass is 10.0. The number of fused-ring (bicyclic) bond motifs is 1. The number of rotatable bonds is 2. The van der Waals surface area contributed by atoms with Crippen LogP contribution in [0.1, 0.15) is 16.5 Å². The van der Waals surface area contributed by atoms with Gasteiger partial charge in [-0.3, -0.25) is 4.98 Å². The standard InChI is InChI=1S/C14H8BrCl2NO2/c15-9-5-7(1-3-10(9)16)13(17)8-2-4-11-12(6-8)20-14(19)18-11/h1-6,13H,(H,18,19). The first-order valence-electron chi connectivity index (χ1n) is 5.76. The molecular formula is C14H8BrCl2NO2. The van der Waals surface area contributed by atoms with Crippen LogP contribution >= 0.6 is 39.1 Å². The van der Waals surface area contributed by atoms with Gasteiger partial charge in [0.2, 0.25) is 0 Å². The molecule has 3 rings (SSSR count). The monoisotopic (exact) mass is 371 g/mol. The molecule has 1 aromatic heterocycles. The summed E-state index contributed by atoms with van der Waals surface area (Å²) in [5.74, 6) is -0.475. The molecule has 0 fully saturated rings. The molecule has 1 unspecified atom stereocenters. The van der Waals surface area contributed by atoms with Crippen molar-refractivity contribution in [2.24, 2.45) is 0 Å². The molecule has 0 aliphatic rings. The number of nitrogens with one attached hydrogen (secondary N) is 1. The van der Waals surface area contributed by atoms with Gasteiger partial charge in [-0.15, -0.1) is 11.6 Å². The van der Waals surface area contributed by atoms with E-state index >= 15 is 0 Å². The van der Waals surface area contributed by atoms with E-state index in [1.54, 1.807) is 18.2 Å². The van der Waals surface area contributed by atoms with Crippen molar-refractivity contribution in [3.05, 3.63) is 67.6 Å². The van der Waals surface area contributed by atoms with E-state index in [-0.39, 0.29) is 5.38 Å². The Bertz CT molecular complexity index is 841. The number of aromatic amines is 1. The Morgan fingerprint density at radius 2 is 1.85 bits per heavy atom. The average Bonchev–Trinajstić information content (AvgIpc) is 2.80. The molecule has 0 saturated carbocycles. The van der Waals surface area contributed by atoms with Crippen molar-refractivity contribution in [3.8, 4) is 0 Å². The van der Waals surface area contributed by atoms with Crippen molar-refractivity contribution in [2.45, 2.75) is 5.38 Å². The summed E-state index contributed by atoms with van der Waals surface area (Å²) in [6.45, 7) is 0. The van der Waals surface area contributed by atoms with Gasteiger partial charge in [-0.25, -0.2) is 4.79 Å². The molecule has 1 N–H and O–H groups in total. The summed E-state index contributed by atoms with van der Waals surface area (Å²) in [7, 11) is 0. The Morgan fingerprint density at radius 3 is 2.60 bits per heavy atom. The maximum atomic E-state index is 11.1. The highest BCUT2D eigenvalue weighted by atomic mass is 79.9. The Hall–Kier alpha value is -1.23. The largest absolute Gasteiger partial charge is 0.417 e. The second-order valence-electron chi connectivity index (χ2n) is 4.31. The number of oxazole rings is 1. The lowest BCUT2D eigenvalue weighted by Gasteiger charge is -2.11. The average molecular weight is 373 g/mol. The van der Waals surface area contributed by atoms with E-state index in [1.165, 1.54) is 0 Å². The zero-order valence-electron chi connectivity index (χ0n) is 9.99. The van der Waals surface area contributed by atoms with Crippen molar-refractivity contribution in [2.75, 3.05) is 0 Å². The van der Waals surface area contributed by atoms with Gasteiger partial charge >= 0.3 is 5.76 Å². The molecule has 0 bridgehead atoms. The second kappa shape index (κ2) is 5.28. The Labute approximate surface area is 132 Å². The summed E-state index contributed by atoms with van der Waals surface area (Å²) < 4.78 is 5.83. The predicted molar refractivity (Wildman–Crippen MR) is 83.7 cm³/mol. The van der Waals surface area contributed by atoms with Crippen molar-refractivity contribution in [3.63, 3.8) is 0 Å². The lowest BCUT2D eigenvalue weighted by Crippen LogP contribution is -1.93. The van der Waals surface area contributed by atoms with Gasteiger partial charge in [0, 0.05) is 4.47 Å². The second-order valence-corrected chi connectivity index (χ2v) is 6.00.